The van der Waals surface area contributed by atoms with Crippen LogP contribution in [0.25, 0.3) is 0 Å². The molecule has 4 rings (SSSR count). The zero-order valence-electron chi connectivity index (χ0n) is 15.4. The molecule has 1 saturated carbocycles. The van der Waals surface area contributed by atoms with Crippen LogP contribution < -0.4 is 5.32 Å². The van der Waals surface area contributed by atoms with Crippen LogP contribution >= 0.6 is 0 Å². The number of rotatable bonds is 4. The Morgan fingerprint density at radius 2 is 2.00 bits per heavy atom. The summed E-state index contributed by atoms with van der Waals surface area (Å²) in [6, 6.07) is 16.2. The van der Waals surface area contributed by atoms with Crippen LogP contribution in [0.5, 0.6) is 5.75 Å². The van der Waals surface area contributed by atoms with Crippen molar-refractivity contribution in [2.45, 2.75) is 37.8 Å². The number of fused-ring (bicyclic) bond motifs is 1. The lowest BCUT2D eigenvalue weighted by molar-refractivity contribution is -0.123. The Hall–Kier alpha value is -2.33. The third-order valence-electron chi connectivity index (χ3n) is 6.19. The molecule has 4 heteroatoms. The molecule has 4 nitrogen and oxygen atoms in total. The zero-order valence-corrected chi connectivity index (χ0v) is 15.4. The van der Waals surface area contributed by atoms with Gasteiger partial charge in [0.1, 0.15) is 5.75 Å². The van der Waals surface area contributed by atoms with Crippen molar-refractivity contribution in [1.82, 2.24) is 10.2 Å². The van der Waals surface area contributed by atoms with E-state index in [4.69, 9.17) is 0 Å². The average molecular weight is 350 g/mol. The van der Waals surface area contributed by atoms with E-state index in [9.17, 15) is 9.90 Å². The highest BCUT2D eigenvalue weighted by atomic mass is 16.3. The molecule has 3 atom stereocenters. The lowest BCUT2D eigenvalue weighted by Gasteiger charge is -2.34. The number of amides is 1. The summed E-state index contributed by atoms with van der Waals surface area (Å²) < 4.78 is 0. The van der Waals surface area contributed by atoms with Crippen LogP contribution in [0.2, 0.25) is 0 Å². The maximum atomic E-state index is 12.7. The third kappa shape index (κ3) is 3.10. The van der Waals surface area contributed by atoms with Crippen molar-refractivity contribution in [3.8, 4) is 5.75 Å². The summed E-state index contributed by atoms with van der Waals surface area (Å²) in [6.07, 6.45) is 1.82. The van der Waals surface area contributed by atoms with Crippen molar-refractivity contribution >= 4 is 5.91 Å². The van der Waals surface area contributed by atoms with E-state index in [1.54, 1.807) is 6.07 Å². The maximum Gasteiger partial charge on any atom is 0.224 e. The molecule has 136 valence electrons. The Kier molecular flexibility index (Phi) is 4.23. The average Bonchev–Trinajstić information content (AvgIpc) is 3.34. The number of hydrogen-bond donors (Lipinski definition) is 2. The summed E-state index contributed by atoms with van der Waals surface area (Å²) in [7, 11) is 2.08. The second-order valence-corrected chi connectivity index (χ2v) is 8.01. The molecule has 1 heterocycles. The SMILES string of the molecule is CN1Cc2cc(O)ccc2C[C@H]1CNC(=O)[C@@H]1C[C@]1(C)c1ccccc1. The fourth-order valence-corrected chi connectivity index (χ4v) is 4.22. The summed E-state index contributed by atoms with van der Waals surface area (Å²) in [4.78, 5) is 14.9. The van der Waals surface area contributed by atoms with Crippen molar-refractivity contribution in [2.75, 3.05) is 13.6 Å². The largest absolute Gasteiger partial charge is 0.508 e. The molecule has 0 saturated heterocycles. The van der Waals surface area contributed by atoms with Gasteiger partial charge in [0.15, 0.2) is 0 Å². The van der Waals surface area contributed by atoms with Gasteiger partial charge in [-0.3, -0.25) is 9.69 Å². The van der Waals surface area contributed by atoms with E-state index in [1.807, 2.05) is 30.3 Å². The highest BCUT2D eigenvalue weighted by Gasteiger charge is 2.55. The highest BCUT2D eigenvalue weighted by Crippen LogP contribution is 2.53. The number of benzene rings is 2. The van der Waals surface area contributed by atoms with Gasteiger partial charge >= 0.3 is 0 Å². The summed E-state index contributed by atoms with van der Waals surface area (Å²) >= 11 is 0. The molecule has 1 amide bonds. The van der Waals surface area contributed by atoms with E-state index in [0.717, 1.165) is 19.4 Å². The molecule has 1 aliphatic heterocycles. The Bertz CT molecular complexity index is 820. The molecule has 2 aromatic carbocycles. The van der Waals surface area contributed by atoms with Crippen molar-refractivity contribution in [3.63, 3.8) is 0 Å². The van der Waals surface area contributed by atoms with Gasteiger partial charge in [0.05, 0.1) is 0 Å². The molecule has 0 spiro atoms. The fourth-order valence-electron chi connectivity index (χ4n) is 4.22. The van der Waals surface area contributed by atoms with Crippen LogP contribution in [0.1, 0.15) is 30.0 Å². The van der Waals surface area contributed by atoms with Crippen molar-refractivity contribution in [3.05, 3.63) is 65.2 Å². The van der Waals surface area contributed by atoms with Gasteiger partial charge < -0.3 is 10.4 Å². The third-order valence-corrected chi connectivity index (χ3v) is 6.19. The minimum Gasteiger partial charge on any atom is -0.508 e. The summed E-state index contributed by atoms with van der Waals surface area (Å²) in [6.45, 7) is 3.65. The van der Waals surface area contributed by atoms with Crippen LogP contribution in [-0.2, 0) is 23.2 Å². The van der Waals surface area contributed by atoms with E-state index in [1.165, 1.54) is 16.7 Å². The van der Waals surface area contributed by atoms with Crippen molar-refractivity contribution < 1.29 is 9.90 Å². The zero-order chi connectivity index (χ0) is 18.3. The van der Waals surface area contributed by atoms with E-state index >= 15 is 0 Å². The molecular formula is C22H26N2O2. The number of aromatic hydroxyl groups is 1. The molecule has 0 unspecified atom stereocenters. The smallest absolute Gasteiger partial charge is 0.224 e. The van der Waals surface area contributed by atoms with E-state index in [0.29, 0.717) is 12.3 Å². The number of nitrogens with one attached hydrogen (secondary N) is 1. The molecule has 2 aliphatic rings. The first-order chi connectivity index (χ1) is 12.5. The maximum absolute atomic E-state index is 12.7. The number of nitrogens with zero attached hydrogens (tertiary/aromatic N) is 1. The number of likely N-dealkylation sites (N-methyl/N-ethyl adjacent to an activating group) is 1. The van der Waals surface area contributed by atoms with Crippen LogP contribution in [0.15, 0.2) is 48.5 Å². The van der Waals surface area contributed by atoms with E-state index in [2.05, 4.69) is 36.3 Å². The molecule has 0 aromatic heterocycles. The van der Waals surface area contributed by atoms with Gasteiger partial charge in [-0.05, 0) is 48.7 Å². The second-order valence-electron chi connectivity index (χ2n) is 8.01. The van der Waals surface area contributed by atoms with E-state index in [-0.39, 0.29) is 23.3 Å². The lowest BCUT2D eigenvalue weighted by atomic mass is 9.93. The first-order valence-corrected chi connectivity index (χ1v) is 9.31. The standard InChI is InChI=1S/C22H26N2O2/c1-22(17-6-4-3-5-7-17)12-20(22)21(26)23-13-18-10-15-8-9-19(25)11-16(15)14-24(18)2/h3-9,11,18,20,25H,10,12-14H2,1-2H3,(H,23,26)/t18-,20-,22+/m0/s1. The number of phenols is 1. The van der Waals surface area contributed by atoms with Gasteiger partial charge in [0.25, 0.3) is 0 Å². The Morgan fingerprint density at radius 1 is 1.23 bits per heavy atom. The lowest BCUT2D eigenvalue weighted by Crippen LogP contribution is -2.46. The Labute approximate surface area is 154 Å². The molecule has 1 aliphatic carbocycles. The van der Waals surface area contributed by atoms with Gasteiger partial charge in [0, 0.05) is 30.5 Å². The first kappa shape index (κ1) is 17.1. The minimum atomic E-state index is -0.0199. The summed E-state index contributed by atoms with van der Waals surface area (Å²) in [5, 5.41) is 12.8. The van der Waals surface area contributed by atoms with Gasteiger partial charge in [-0.25, -0.2) is 0 Å². The first-order valence-electron chi connectivity index (χ1n) is 9.31. The van der Waals surface area contributed by atoms with Crippen molar-refractivity contribution in [1.29, 1.82) is 0 Å². The normalized spacial score (nSPS) is 27.6. The molecule has 26 heavy (non-hydrogen) atoms. The Morgan fingerprint density at radius 3 is 2.77 bits per heavy atom. The molecule has 1 fully saturated rings. The van der Waals surface area contributed by atoms with Crippen LogP contribution in [-0.4, -0.2) is 35.5 Å². The topological polar surface area (TPSA) is 52.6 Å². The summed E-state index contributed by atoms with van der Waals surface area (Å²) in [5.41, 5.74) is 3.67. The molecule has 0 radical (unpaired) electrons. The van der Waals surface area contributed by atoms with Crippen LogP contribution in [0.4, 0.5) is 0 Å². The van der Waals surface area contributed by atoms with Gasteiger partial charge in [-0.2, -0.15) is 0 Å². The van der Waals surface area contributed by atoms with E-state index < -0.39 is 0 Å². The summed E-state index contributed by atoms with van der Waals surface area (Å²) in [5.74, 6) is 0.558. The number of hydrogen-bond acceptors (Lipinski definition) is 3. The minimum absolute atomic E-state index is 0.0199. The van der Waals surface area contributed by atoms with Gasteiger partial charge in [-0.15, -0.1) is 0 Å². The number of carbonyl (C=O) groups is 1. The monoisotopic (exact) mass is 350 g/mol. The quantitative estimate of drug-likeness (QED) is 0.891. The number of carbonyl (C=O) groups excluding carboxylic acids is 1. The van der Waals surface area contributed by atoms with Crippen molar-refractivity contribution in [2.24, 2.45) is 5.92 Å². The molecule has 2 N–H and O–H groups in total. The van der Waals surface area contributed by atoms with Gasteiger partial charge in [0.2, 0.25) is 5.91 Å². The highest BCUT2D eigenvalue weighted by molar-refractivity contribution is 5.84. The Balaban J connectivity index is 1.36. The van der Waals surface area contributed by atoms with Crippen LogP contribution in [0.3, 0.4) is 0 Å². The predicted molar refractivity (Wildman–Crippen MR) is 102 cm³/mol. The molecule has 2 aromatic rings. The molecule has 0 bridgehead atoms. The second kappa shape index (κ2) is 6.44. The number of phenolic OH excluding ortho intramolecular Hbond substituents is 1. The predicted octanol–water partition coefficient (Wildman–Crippen LogP) is 2.84. The molecular weight excluding hydrogens is 324 g/mol. The van der Waals surface area contributed by atoms with Crippen LogP contribution in [0, 0.1) is 5.92 Å². The van der Waals surface area contributed by atoms with Gasteiger partial charge in [-0.1, -0.05) is 43.3 Å². The fraction of sp³-hybridized carbons (Fsp3) is 0.409.